The molecule has 4 heteroatoms. The Kier molecular flexibility index (Phi) is 20.7. The number of hydrogen-bond donors (Lipinski definition) is 1. The second kappa shape index (κ2) is 20.9. The maximum Gasteiger partial charge on any atom is 0.157 e. The molecule has 0 aromatic heterocycles. The second-order valence-corrected chi connectivity index (χ2v) is 6.62. The predicted octanol–water partition coefficient (Wildman–Crippen LogP) is 5.93. The fourth-order valence-corrected chi connectivity index (χ4v) is 3.04. The van der Waals surface area contributed by atoms with E-state index in [1.165, 1.54) is 77.0 Å². The van der Waals surface area contributed by atoms with Gasteiger partial charge < -0.3 is 20.2 Å². The molecule has 0 saturated carbocycles. The van der Waals surface area contributed by atoms with E-state index >= 15 is 0 Å². The zero-order valence-electron chi connectivity index (χ0n) is 16.3. The maximum atomic E-state index is 10.1. The minimum atomic E-state index is 0.0107. The van der Waals surface area contributed by atoms with E-state index in [0.717, 1.165) is 26.1 Å². The largest absolute Gasteiger partial charge is 0.788 e. The summed E-state index contributed by atoms with van der Waals surface area (Å²) in [6, 6.07) is 0. The highest BCUT2D eigenvalue weighted by molar-refractivity contribution is 4.52. The summed E-state index contributed by atoms with van der Waals surface area (Å²) in [6.07, 6.45) is 18.0. The first-order valence-electron chi connectivity index (χ1n) is 10.4. The molecule has 0 aliphatic heterocycles. The molecule has 146 valence electrons. The molecule has 1 N–H and O–H groups in total. The SMILES string of the molecule is CCOC(CCCCCCCCCCCCCCCN[O-])OCC. The number of rotatable bonds is 20. The van der Waals surface area contributed by atoms with E-state index in [2.05, 4.69) is 0 Å². The molecule has 0 atom stereocenters. The Morgan fingerprint density at radius 1 is 0.625 bits per heavy atom. The fraction of sp³-hybridized carbons (Fsp3) is 1.00. The highest BCUT2D eigenvalue weighted by Gasteiger charge is 2.06. The molecule has 24 heavy (non-hydrogen) atoms. The van der Waals surface area contributed by atoms with Crippen molar-refractivity contribution < 1.29 is 9.47 Å². The molecule has 0 amide bonds. The van der Waals surface area contributed by atoms with Crippen LogP contribution in [0.25, 0.3) is 0 Å². The summed E-state index contributed by atoms with van der Waals surface area (Å²) in [7, 11) is 0. The Morgan fingerprint density at radius 3 is 1.38 bits per heavy atom. The van der Waals surface area contributed by atoms with Crippen molar-refractivity contribution in [1.29, 1.82) is 0 Å². The molecule has 0 unspecified atom stereocenters. The summed E-state index contributed by atoms with van der Waals surface area (Å²) in [6.45, 7) is 6.15. The third kappa shape index (κ3) is 18.2. The predicted molar refractivity (Wildman–Crippen MR) is 103 cm³/mol. The van der Waals surface area contributed by atoms with Gasteiger partial charge in [0.25, 0.3) is 0 Å². The van der Waals surface area contributed by atoms with Gasteiger partial charge in [-0.3, -0.25) is 0 Å². The van der Waals surface area contributed by atoms with Gasteiger partial charge >= 0.3 is 0 Å². The number of hydroxylamine groups is 1. The third-order valence-corrected chi connectivity index (χ3v) is 4.42. The molecule has 0 spiro atoms. The Bertz CT molecular complexity index is 221. The highest BCUT2D eigenvalue weighted by atomic mass is 16.7. The quantitative estimate of drug-likeness (QED) is 0.169. The van der Waals surface area contributed by atoms with Crippen LogP contribution in [-0.2, 0) is 9.47 Å². The van der Waals surface area contributed by atoms with Gasteiger partial charge in [0.2, 0.25) is 0 Å². The van der Waals surface area contributed by atoms with Crippen LogP contribution in [0, 0.1) is 5.21 Å². The number of unbranched alkanes of at least 4 members (excludes halogenated alkanes) is 12. The summed E-state index contributed by atoms with van der Waals surface area (Å²) in [5.41, 5.74) is 1.97. The maximum absolute atomic E-state index is 10.1. The van der Waals surface area contributed by atoms with Crippen molar-refractivity contribution >= 4 is 0 Å². The van der Waals surface area contributed by atoms with Gasteiger partial charge in [-0.05, 0) is 39.7 Å². The summed E-state index contributed by atoms with van der Waals surface area (Å²) < 4.78 is 11.1. The van der Waals surface area contributed by atoms with Crippen molar-refractivity contribution in [2.24, 2.45) is 0 Å². The number of ether oxygens (including phenoxy) is 2. The molecule has 0 heterocycles. The van der Waals surface area contributed by atoms with Crippen LogP contribution >= 0.6 is 0 Å². The third-order valence-electron chi connectivity index (χ3n) is 4.42. The van der Waals surface area contributed by atoms with Crippen LogP contribution in [0.4, 0.5) is 0 Å². The van der Waals surface area contributed by atoms with E-state index in [1.807, 2.05) is 19.3 Å². The number of nitrogens with one attached hydrogen (secondary N) is 1. The average molecular weight is 345 g/mol. The molecule has 0 bridgehead atoms. The Morgan fingerprint density at radius 2 is 1.00 bits per heavy atom. The van der Waals surface area contributed by atoms with Crippen molar-refractivity contribution in [1.82, 2.24) is 5.48 Å². The smallest absolute Gasteiger partial charge is 0.157 e. The molecule has 4 nitrogen and oxygen atoms in total. The summed E-state index contributed by atoms with van der Waals surface area (Å²) in [4.78, 5) is 0. The van der Waals surface area contributed by atoms with Gasteiger partial charge in [0.1, 0.15) is 0 Å². The summed E-state index contributed by atoms with van der Waals surface area (Å²) in [5.74, 6) is 0. The van der Waals surface area contributed by atoms with Crippen LogP contribution in [0.5, 0.6) is 0 Å². The van der Waals surface area contributed by atoms with Gasteiger partial charge in [0.15, 0.2) is 6.29 Å². The molecule has 0 aromatic rings. The Labute approximate surface area is 150 Å². The Balaban J connectivity index is 3.14. The molecule has 0 aliphatic rings. The van der Waals surface area contributed by atoms with Crippen molar-refractivity contribution in [3.63, 3.8) is 0 Å². The van der Waals surface area contributed by atoms with E-state index in [9.17, 15) is 5.21 Å². The van der Waals surface area contributed by atoms with Crippen LogP contribution < -0.4 is 5.48 Å². The highest BCUT2D eigenvalue weighted by Crippen LogP contribution is 2.14. The zero-order chi connectivity index (χ0) is 17.7. The van der Waals surface area contributed by atoms with E-state index in [0.29, 0.717) is 6.54 Å². The van der Waals surface area contributed by atoms with Crippen LogP contribution in [0.2, 0.25) is 0 Å². The monoisotopic (exact) mass is 344 g/mol. The van der Waals surface area contributed by atoms with Gasteiger partial charge in [-0.25, -0.2) is 0 Å². The van der Waals surface area contributed by atoms with Crippen molar-refractivity contribution in [3.8, 4) is 0 Å². The fourth-order valence-electron chi connectivity index (χ4n) is 3.04. The average Bonchev–Trinajstić information content (AvgIpc) is 2.58. The number of hydrogen-bond acceptors (Lipinski definition) is 4. The lowest BCUT2D eigenvalue weighted by Crippen LogP contribution is -2.17. The first-order valence-corrected chi connectivity index (χ1v) is 10.4. The lowest BCUT2D eigenvalue weighted by Gasteiger charge is -2.16. The lowest BCUT2D eigenvalue weighted by molar-refractivity contribution is -0.140. The van der Waals surface area contributed by atoms with Crippen LogP contribution in [-0.4, -0.2) is 26.0 Å². The van der Waals surface area contributed by atoms with Crippen molar-refractivity contribution in [2.75, 3.05) is 19.8 Å². The molecule has 0 radical (unpaired) electrons. The van der Waals surface area contributed by atoms with Crippen LogP contribution in [0.1, 0.15) is 104 Å². The van der Waals surface area contributed by atoms with Crippen molar-refractivity contribution in [2.45, 2.75) is 110 Å². The van der Waals surface area contributed by atoms with E-state index in [-0.39, 0.29) is 6.29 Å². The van der Waals surface area contributed by atoms with Gasteiger partial charge in [0, 0.05) is 13.2 Å². The molecule has 0 aliphatic carbocycles. The van der Waals surface area contributed by atoms with Gasteiger partial charge in [0.05, 0.1) is 0 Å². The first-order chi connectivity index (χ1) is 11.8. The van der Waals surface area contributed by atoms with Crippen molar-refractivity contribution in [3.05, 3.63) is 5.21 Å². The molecule has 0 saturated heterocycles. The van der Waals surface area contributed by atoms with Crippen LogP contribution in [0.3, 0.4) is 0 Å². The van der Waals surface area contributed by atoms with Crippen LogP contribution in [0.15, 0.2) is 0 Å². The normalized spacial score (nSPS) is 11.5. The standard InChI is InChI=1S/C20H42NO3/c1-3-23-20(24-4-2)18-16-14-12-10-8-6-5-7-9-11-13-15-17-19-21-22/h20-21H,3-19H2,1-2H3/q-1. The van der Waals surface area contributed by atoms with Gasteiger partial charge in [-0.15, -0.1) is 0 Å². The zero-order valence-corrected chi connectivity index (χ0v) is 16.3. The van der Waals surface area contributed by atoms with E-state index in [1.54, 1.807) is 0 Å². The minimum absolute atomic E-state index is 0.0107. The second-order valence-electron chi connectivity index (χ2n) is 6.62. The topological polar surface area (TPSA) is 53.5 Å². The molecule has 0 rings (SSSR count). The first kappa shape index (κ1) is 23.8. The summed E-state index contributed by atoms with van der Waals surface area (Å²) >= 11 is 0. The Hall–Kier alpha value is -0.160. The molecular formula is C20H42NO3-. The summed E-state index contributed by atoms with van der Waals surface area (Å²) in [5, 5.41) is 10.1. The van der Waals surface area contributed by atoms with E-state index in [4.69, 9.17) is 9.47 Å². The molecule has 0 fully saturated rings. The molecule has 0 aromatic carbocycles. The molecular weight excluding hydrogens is 302 g/mol. The van der Waals surface area contributed by atoms with E-state index < -0.39 is 0 Å². The lowest BCUT2D eigenvalue weighted by atomic mass is 10.0. The van der Waals surface area contributed by atoms with Gasteiger partial charge in [-0.2, -0.15) is 0 Å². The minimum Gasteiger partial charge on any atom is -0.788 e. The van der Waals surface area contributed by atoms with Gasteiger partial charge in [-0.1, -0.05) is 70.6 Å².